The minimum absolute atomic E-state index is 0.00781. The molecule has 32 heavy (non-hydrogen) atoms. The number of carbonyl (C=O) groups is 1. The van der Waals surface area contributed by atoms with Crippen LogP contribution in [0.5, 0.6) is 0 Å². The van der Waals surface area contributed by atoms with Crippen molar-refractivity contribution in [2.24, 2.45) is 5.41 Å². The normalized spacial score (nSPS) is 13.9. The maximum Gasteiger partial charge on any atom is 0.309 e. The summed E-state index contributed by atoms with van der Waals surface area (Å²) in [4.78, 5) is 11.7. The Labute approximate surface area is 195 Å². The number of hydrogen-bond donors (Lipinski definition) is 1. The summed E-state index contributed by atoms with van der Waals surface area (Å²) in [5.74, 6) is -0.810. The topological polar surface area (TPSA) is 51.5 Å². The molecule has 3 aromatic rings. The Kier molecular flexibility index (Phi) is 7.81. The highest BCUT2D eigenvalue weighted by atomic mass is 35.5. The fourth-order valence-electron chi connectivity index (χ4n) is 4.41. The number of aromatic nitrogens is 1. The number of aliphatic carboxylic acids is 1. The zero-order valence-electron chi connectivity index (χ0n) is 19.3. The lowest BCUT2D eigenvalue weighted by molar-refractivity contribution is -0.136. The summed E-state index contributed by atoms with van der Waals surface area (Å²) in [6.07, 6.45) is 0.936. The summed E-state index contributed by atoms with van der Waals surface area (Å²) < 4.78 is 7.07. The molecule has 5 heteroatoms. The van der Waals surface area contributed by atoms with Crippen LogP contribution in [0.4, 0.5) is 0 Å². The van der Waals surface area contributed by atoms with Crippen LogP contribution >= 0.6 is 11.6 Å². The largest absolute Gasteiger partial charge is 0.481 e. The Morgan fingerprint density at radius 2 is 1.59 bits per heavy atom. The molecule has 170 valence electrons. The van der Waals surface area contributed by atoms with E-state index in [1.165, 1.54) is 5.69 Å². The van der Waals surface area contributed by atoms with Crippen molar-refractivity contribution in [1.82, 2.24) is 4.57 Å². The highest BCUT2D eigenvalue weighted by Crippen LogP contribution is 2.47. The van der Waals surface area contributed by atoms with Crippen LogP contribution in [-0.2, 0) is 28.9 Å². The van der Waals surface area contributed by atoms with Gasteiger partial charge in [0.1, 0.15) is 0 Å². The molecule has 0 bridgehead atoms. The summed E-state index contributed by atoms with van der Waals surface area (Å²) in [6, 6.07) is 18.0. The van der Waals surface area contributed by atoms with Gasteiger partial charge in [-0.05, 0) is 48.9 Å². The van der Waals surface area contributed by atoms with E-state index in [4.69, 9.17) is 16.3 Å². The highest BCUT2D eigenvalue weighted by Gasteiger charge is 2.36. The highest BCUT2D eigenvalue weighted by molar-refractivity contribution is 6.30. The molecule has 0 aliphatic carbocycles. The van der Waals surface area contributed by atoms with Gasteiger partial charge in [-0.25, -0.2) is 0 Å². The standard InChI is InChI=1S/C23H22ClNO2.C4H10O/c1-23(2)13-19-22(15-6-4-3-5-7-15)21(16-8-10-17(24)11-9-16)18(12-20(26)27)25(19)14-23;1-3-5-4-2/h3-11H,12-14H2,1-2H3,(H,26,27);3-4H2,1-2H3. The van der Waals surface area contributed by atoms with E-state index in [0.29, 0.717) is 5.02 Å². The number of halogens is 1. The maximum absolute atomic E-state index is 11.7. The van der Waals surface area contributed by atoms with Crippen LogP contribution in [0.25, 0.3) is 22.3 Å². The second-order valence-corrected chi connectivity index (χ2v) is 9.23. The average molecular weight is 454 g/mol. The van der Waals surface area contributed by atoms with Gasteiger partial charge in [-0.3, -0.25) is 4.79 Å². The number of carboxylic acids is 1. The third-order valence-corrected chi connectivity index (χ3v) is 5.89. The smallest absolute Gasteiger partial charge is 0.309 e. The van der Waals surface area contributed by atoms with Gasteiger partial charge in [0, 0.05) is 47.3 Å². The molecule has 1 aliphatic rings. The Bertz CT molecular complexity index is 1050. The zero-order valence-corrected chi connectivity index (χ0v) is 20.1. The van der Waals surface area contributed by atoms with Crippen molar-refractivity contribution in [2.45, 2.75) is 47.1 Å². The van der Waals surface area contributed by atoms with E-state index >= 15 is 0 Å². The molecule has 0 saturated carbocycles. The SMILES string of the molecule is CC1(C)Cc2c(-c3ccccc3)c(-c3ccc(Cl)cc3)c(CC(=O)O)n2C1.CCOCC. The van der Waals surface area contributed by atoms with Crippen LogP contribution in [0.15, 0.2) is 54.6 Å². The Hall–Kier alpha value is -2.56. The number of benzene rings is 2. The molecule has 4 rings (SSSR count). The minimum atomic E-state index is -0.810. The molecule has 2 aromatic carbocycles. The number of nitrogens with zero attached hydrogens (tertiary/aromatic N) is 1. The van der Waals surface area contributed by atoms with E-state index in [2.05, 4.69) is 30.5 Å². The predicted molar refractivity (Wildman–Crippen MR) is 131 cm³/mol. The van der Waals surface area contributed by atoms with Crippen molar-refractivity contribution in [3.05, 3.63) is 71.0 Å². The summed E-state index contributed by atoms with van der Waals surface area (Å²) in [7, 11) is 0. The van der Waals surface area contributed by atoms with Crippen molar-refractivity contribution < 1.29 is 14.6 Å². The van der Waals surface area contributed by atoms with Crippen molar-refractivity contribution in [2.75, 3.05) is 13.2 Å². The van der Waals surface area contributed by atoms with Crippen LogP contribution in [0, 0.1) is 5.41 Å². The minimum Gasteiger partial charge on any atom is -0.481 e. The summed E-state index contributed by atoms with van der Waals surface area (Å²) in [6.45, 7) is 11.0. The molecule has 0 amide bonds. The maximum atomic E-state index is 11.7. The Morgan fingerprint density at radius 3 is 2.12 bits per heavy atom. The lowest BCUT2D eigenvalue weighted by Crippen LogP contribution is -2.15. The molecule has 0 unspecified atom stereocenters. The van der Waals surface area contributed by atoms with E-state index in [-0.39, 0.29) is 11.8 Å². The van der Waals surface area contributed by atoms with E-state index in [1.54, 1.807) is 0 Å². The third-order valence-electron chi connectivity index (χ3n) is 5.63. The molecule has 0 spiro atoms. The zero-order chi connectivity index (χ0) is 23.3. The predicted octanol–water partition coefficient (Wildman–Crippen LogP) is 6.73. The van der Waals surface area contributed by atoms with Crippen molar-refractivity contribution >= 4 is 17.6 Å². The first-order chi connectivity index (χ1) is 15.3. The van der Waals surface area contributed by atoms with Gasteiger partial charge in [-0.15, -0.1) is 0 Å². The second kappa shape index (κ2) is 10.4. The average Bonchev–Trinajstić information content (AvgIpc) is 3.21. The van der Waals surface area contributed by atoms with Crippen LogP contribution in [-0.4, -0.2) is 28.9 Å². The first kappa shape index (κ1) is 24.1. The molecule has 2 heterocycles. The van der Waals surface area contributed by atoms with Gasteiger partial charge < -0.3 is 14.4 Å². The lowest BCUT2D eigenvalue weighted by Gasteiger charge is -2.18. The fraction of sp³-hybridized carbons (Fsp3) is 0.370. The first-order valence-electron chi connectivity index (χ1n) is 11.1. The molecular weight excluding hydrogens is 422 g/mol. The van der Waals surface area contributed by atoms with Crippen LogP contribution in [0.2, 0.25) is 5.02 Å². The number of hydrogen-bond acceptors (Lipinski definition) is 2. The van der Waals surface area contributed by atoms with E-state index in [9.17, 15) is 9.90 Å². The summed E-state index contributed by atoms with van der Waals surface area (Å²) >= 11 is 6.09. The van der Waals surface area contributed by atoms with Gasteiger partial charge >= 0.3 is 5.97 Å². The van der Waals surface area contributed by atoms with Gasteiger partial charge in [-0.2, -0.15) is 0 Å². The van der Waals surface area contributed by atoms with Crippen molar-refractivity contribution in [1.29, 1.82) is 0 Å². The van der Waals surface area contributed by atoms with E-state index in [0.717, 1.165) is 54.1 Å². The van der Waals surface area contributed by atoms with E-state index in [1.807, 2.05) is 56.3 Å². The fourth-order valence-corrected chi connectivity index (χ4v) is 4.53. The summed E-state index contributed by atoms with van der Waals surface area (Å²) in [5.41, 5.74) is 6.53. The molecule has 0 atom stereocenters. The monoisotopic (exact) mass is 453 g/mol. The van der Waals surface area contributed by atoms with Crippen LogP contribution < -0.4 is 0 Å². The second-order valence-electron chi connectivity index (χ2n) is 8.80. The lowest BCUT2D eigenvalue weighted by atomic mass is 9.86. The van der Waals surface area contributed by atoms with Crippen LogP contribution in [0.3, 0.4) is 0 Å². The van der Waals surface area contributed by atoms with Gasteiger partial charge in [0.25, 0.3) is 0 Å². The van der Waals surface area contributed by atoms with Gasteiger partial charge in [-0.1, -0.05) is 67.9 Å². The molecular formula is C27H32ClNO3. The van der Waals surface area contributed by atoms with Crippen LogP contribution in [0.1, 0.15) is 39.1 Å². The van der Waals surface area contributed by atoms with Gasteiger partial charge in [0.15, 0.2) is 0 Å². The van der Waals surface area contributed by atoms with Gasteiger partial charge in [0.05, 0.1) is 6.42 Å². The molecule has 1 aromatic heterocycles. The molecule has 0 fully saturated rings. The Morgan fingerprint density at radius 1 is 1.00 bits per heavy atom. The quantitative estimate of drug-likeness (QED) is 0.450. The van der Waals surface area contributed by atoms with Crippen molar-refractivity contribution in [3.63, 3.8) is 0 Å². The first-order valence-corrected chi connectivity index (χ1v) is 11.5. The molecule has 1 N–H and O–H groups in total. The number of fused-ring (bicyclic) bond motifs is 1. The molecule has 0 saturated heterocycles. The molecule has 1 aliphatic heterocycles. The number of ether oxygens (including phenoxy) is 1. The van der Waals surface area contributed by atoms with E-state index < -0.39 is 5.97 Å². The number of rotatable bonds is 6. The summed E-state index contributed by atoms with van der Waals surface area (Å²) in [5, 5.41) is 10.3. The molecule has 4 nitrogen and oxygen atoms in total. The third kappa shape index (κ3) is 5.43. The Balaban J connectivity index is 0.000000523. The molecule has 0 radical (unpaired) electrons. The van der Waals surface area contributed by atoms with Crippen molar-refractivity contribution in [3.8, 4) is 22.3 Å². The number of carboxylic acid groups (broad SMARTS) is 1. The van der Waals surface area contributed by atoms with Gasteiger partial charge in [0.2, 0.25) is 0 Å².